The van der Waals surface area contributed by atoms with Crippen LogP contribution in [0, 0.1) is 12.8 Å². The van der Waals surface area contributed by atoms with Gasteiger partial charge in [-0.25, -0.2) is 13.1 Å². The van der Waals surface area contributed by atoms with Crippen LogP contribution in [0.5, 0.6) is 0 Å². The van der Waals surface area contributed by atoms with Gasteiger partial charge in [0.15, 0.2) is 0 Å². The van der Waals surface area contributed by atoms with E-state index in [1.54, 1.807) is 6.07 Å². The molecule has 1 heterocycles. The molecule has 18 heavy (non-hydrogen) atoms. The molecule has 1 aromatic rings. The second kappa shape index (κ2) is 6.65. The molecular weight excluding hydrogens is 268 g/mol. The SMILES string of the molecule is CCC(CC)CNS(=O)(=O)c1cc(CN)sc1C. The number of thiophene rings is 1. The van der Waals surface area contributed by atoms with Crippen LogP contribution in [0.25, 0.3) is 0 Å². The van der Waals surface area contributed by atoms with Crippen LogP contribution >= 0.6 is 11.3 Å². The lowest BCUT2D eigenvalue weighted by molar-refractivity contribution is 0.479. The maximum absolute atomic E-state index is 12.2. The van der Waals surface area contributed by atoms with E-state index < -0.39 is 10.0 Å². The molecule has 4 nitrogen and oxygen atoms in total. The Bertz CT molecular complexity index is 476. The minimum absolute atomic E-state index is 0.374. The van der Waals surface area contributed by atoms with Crippen molar-refractivity contribution in [3.05, 3.63) is 15.8 Å². The summed E-state index contributed by atoms with van der Waals surface area (Å²) in [7, 11) is -3.39. The first-order chi connectivity index (χ1) is 8.44. The number of hydrogen-bond acceptors (Lipinski definition) is 4. The summed E-state index contributed by atoms with van der Waals surface area (Å²) in [6.45, 7) is 6.85. The van der Waals surface area contributed by atoms with Crippen molar-refractivity contribution in [2.24, 2.45) is 11.7 Å². The highest BCUT2D eigenvalue weighted by Gasteiger charge is 2.20. The molecule has 0 fully saturated rings. The predicted octanol–water partition coefficient (Wildman–Crippen LogP) is 2.23. The fourth-order valence-electron chi connectivity index (χ4n) is 1.77. The summed E-state index contributed by atoms with van der Waals surface area (Å²) >= 11 is 1.44. The topological polar surface area (TPSA) is 72.2 Å². The second-order valence-electron chi connectivity index (χ2n) is 4.37. The normalized spacial score (nSPS) is 12.3. The molecule has 0 unspecified atom stereocenters. The number of aryl methyl sites for hydroxylation is 1. The van der Waals surface area contributed by atoms with E-state index in [-0.39, 0.29) is 0 Å². The van der Waals surface area contributed by atoms with Gasteiger partial charge in [0.05, 0.1) is 4.90 Å². The van der Waals surface area contributed by atoms with Gasteiger partial charge >= 0.3 is 0 Å². The zero-order valence-corrected chi connectivity index (χ0v) is 12.8. The van der Waals surface area contributed by atoms with Crippen LogP contribution in [-0.2, 0) is 16.6 Å². The maximum Gasteiger partial charge on any atom is 0.241 e. The Morgan fingerprint density at radius 3 is 2.44 bits per heavy atom. The lowest BCUT2D eigenvalue weighted by Gasteiger charge is -2.13. The van der Waals surface area contributed by atoms with Crippen molar-refractivity contribution < 1.29 is 8.42 Å². The molecule has 0 saturated heterocycles. The van der Waals surface area contributed by atoms with E-state index in [1.165, 1.54) is 11.3 Å². The largest absolute Gasteiger partial charge is 0.326 e. The molecule has 3 N–H and O–H groups in total. The van der Waals surface area contributed by atoms with Crippen molar-refractivity contribution in [3.63, 3.8) is 0 Å². The lowest BCUT2D eigenvalue weighted by atomic mass is 10.0. The van der Waals surface area contributed by atoms with Crippen molar-refractivity contribution in [2.75, 3.05) is 6.54 Å². The van der Waals surface area contributed by atoms with E-state index in [9.17, 15) is 8.42 Å². The minimum Gasteiger partial charge on any atom is -0.326 e. The summed E-state index contributed by atoms with van der Waals surface area (Å²) in [4.78, 5) is 2.07. The molecule has 1 rings (SSSR count). The van der Waals surface area contributed by atoms with Gasteiger partial charge in [-0.1, -0.05) is 26.7 Å². The van der Waals surface area contributed by atoms with Crippen LogP contribution in [0.15, 0.2) is 11.0 Å². The number of nitrogens with one attached hydrogen (secondary N) is 1. The fraction of sp³-hybridized carbons (Fsp3) is 0.667. The lowest BCUT2D eigenvalue weighted by Crippen LogP contribution is -2.29. The van der Waals surface area contributed by atoms with Gasteiger partial charge in [-0.05, 0) is 18.9 Å². The molecule has 0 amide bonds. The summed E-state index contributed by atoms with van der Waals surface area (Å²) < 4.78 is 27.0. The smallest absolute Gasteiger partial charge is 0.241 e. The number of rotatable bonds is 7. The summed E-state index contributed by atoms with van der Waals surface area (Å²) in [6, 6.07) is 1.68. The predicted molar refractivity (Wildman–Crippen MR) is 76.2 cm³/mol. The summed E-state index contributed by atoms with van der Waals surface area (Å²) in [5.74, 6) is 0.396. The van der Waals surface area contributed by atoms with Gasteiger partial charge < -0.3 is 5.73 Å². The van der Waals surface area contributed by atoms with Crippen LogP contribution in [0.3, 0.4) is 0 Å². The van der Waals surface area contributed by atoms with Crippen molar-refractivity contribution >= 4 is 21.4 Å². The molecule has 0 radical (unpaired) electrons. The number of hydrogen-bond donors (Lipinski definition) is 2. The van der Waals surface area contributed by atoms with Crippen LogP contribution in [-0.4, -0.2) is 15.0 Å². The van der Waals surface area contributed by atoms with E-state index in [2.05, 4.69) is 18.6 Å². The Labute approximate surface area is 114 Å². The Morgan fingerprint density at radius 2 is 2.00 bits per heavy atom. The highest BCUT2D eigenvalue weighted by atomic mass is 32.2. The molecule has 0 atom stereocenters. The highest BCUT2D eigenvalue weighted by molar-refractivity contribution is 7.89. The first-order valence-corrected chi connectivity index (χ1v) is 8.53. The van der Waals surface area contributed by atoms with Crippen LogP contribution < -0.4 is 10.5 Å². The van der Waals surface area contributed by atoms with Crippen molar-refractivity contribution in [3.8, 4) is 0 Å². The van der Waals surface area contributed by atoms with Gasteiger partial charge in [-0.2, -0.15) is 0 Å². The third kappa shape index (κ3) is 3.78. The van der Waals surface area contributed by atoms with E-state index in [4.69, 9.17) is 5.73 Å². The number of sulfonamides is 1. The standard InChI is InChI=1S/C12H22N2O2S2/c1-4-10(5-2)8-14-18(15,16)12-6-11(7-13)17-9(12)3/h6,10,14H,4-5,7-8,13H2,1-3H3. The molecule has 6 heteroatoms. The van der Waals surface area contributed by atoms with Gasteiger partial charge in [-0.15, -0.1) is 11.3 Å². The molecule has 104 valence electrons. The average molecular weight is 290 g/mol. The van der Waals surface area contributed by atoms with Gasteiger partial charge in [0.25, 0.3) is 0 Å². The van der Waals surface area contributed by atoms with Crippen LogP contribution in [0.1, 0.15) is 36.4 Å². The molecule has 0 aliphatic carbocycles. The van der Waals surface area contributed by atoms with E-state index >= 15 is 0 Å². The van der Waals surface area contributed by atoms with Crippen molar-refractivity contribution in [2.45, 2.75) is 45.1 Å². The van der Waals surface area contributed by atoms with Crippen LogP contribution in [0.4, 0.5) is 0 Å². The zero-order chi connectivity index (χ0) is 13.8. The quantitative estimate of drug-likeness (QED) is 0.809. The average Bonchev–Trinajstić information content (AvgIpc) is 2.72. The molecule has 0 aliphatic rings. The Hall–Kier alpha value is -0.430. The third-order valence-electron chi connectivity index (χ3n) is 3.13. The van der Waals surface area contributed by atoms with Gasteiger partial charge in [-0.3, -0.25) is 0 Å². The highest BCUT2D eigenvalue weighted by Crippen LogP contribution is 2.25. The van der Waals surface area contributed by atoms with E-state index in [1.807, 2.05) is 6.92 Å². The fourth-order valence-corrected chi connectivity index (χ4v) is 4.40. The monoisotopic (exact) mass is 290 g/mol. The summed E-state index contributed by atoms with van der Waals surface area (Å²) in [5, 5.41) is 0. The molecular formula is C12H22N2O2S2. The Kier molecular flexibility index (Phi) is 5.78. The zero-order valence-electron chi connectivity index (χ0n) is 11.2. The van der Waals surface area contributed by atoms with E-state index in [0.29, 0.717) is 23.9 Å². The number of nitrogens with two attached hydrogens (primary N) is 1. The first-order valence-electron chi connectivity index (χ1n) is 6.23. The Balaban J connectivity index is 2.82. The minimum atomic E-state index is -3.39. The molecule has 0 saturated carbocycles. The maximum atomic E-state index is 12.2. The third-order valence-corrected chi connectivity index (χ3v) is 5.88. The summed E-state index contributed by atoms with van der Waals surface area (Å²) in [6.07, 6.45) is 1.96. The second-order valence-corrected chi connectivity index (χ2v) is 7.45. The van der Waals surface area contributed by atoms with Gasteiger partial charge in [0, 0.05) is 22.8 Å². The molecule has 0 aromatic carbocycles. The van der Waals surface area contributed by atoms with E-state index in [0.717, 1.165) is 22.6 Å². The van der Waals surface area contributed by atoms with Crippen LogP contribution in [0.2, 0.25) is 0 Å². The van der Waals surface area contributed by atoms with Crippen molar-refractivity contribution in [1.29, 1.82) is 0 Å². The van der Waals surface area contributed by atoms with Gasteiger partial charge in [0.1, 0.15) is 0 Å². The molecule has 0 bridgehead atoms. The van der Waals surface area contributed by atoms with Gasteiger partial charge in [0.2, 0.25) is 10.0 Å². The Morgan fingerprint density at radius 1 is 1.39 bits per heavy atom. The first kappa shape index (κ1) is 15.6. The van der Waals surface area contributed by atoms with Crippen molar-refractivity contribution in [1.82, 2.24) is 4.72 Å². The molecule has 0 aliphatic heterocycles. The molecule has 0 spiro atoms. The summed E-state index contributed by atoms with van der Waals surface area (Å²) in [5.41, 5.74) is 5.54. The molecule has 1 aromatic heterocycles.